The summed E-state index contributed by atoms with van der Waals surface area (Å²) in [6, 6.07) is 3.11. The molecule has 0 saturated carbocycles. The Hall–Kier alpha value is -2.06. The van der Waals surface area contributed by atoms with Crippen LogP contribution in [0.5, 0.6) is 5.75 Å². The molecule has 0 aromatic carbocycles. The Morgan fingerprint density at radius 1 is 1.58 bits per heavy atom. The fourth-order valence-electron chi connectivity index (χ4n) is 2.19. The summed E-state index contributed by atoms with van der Waals surface area (Å²) in [4.78, 5) is 18.2. The maximum Gasteiger partial charge on any atom is 0.228 e. The predicted octanol–water partition coefficient (Wildman–Crippen LogP) is 1.07. The van der Waals surface area contributed by atoms with Gasteiger partial charge in [0, 0.05) is 12.1 Å². The van der Waals surface area contributed by atoms with E-state index in [4.69, 9.17) is 6.42 Å². The van der Waals surface area contributed by atoms with Gasteiger partial charge in [-0.25, -0.2) is 4.98 Å². The van der Waals surface area contributed by atoms with E-state index < -0.39 is 0 Å². The van der Waals surface area contributed by atoms with Gasteiger partial charge in [0.15, 0.2) is 11.6 Å². The van der Waals surface area contributed by atoms with Crippen LogP contribution in [-0.4, -0.2) is 40.5 Å². The van der Waals surface area contributed by atoms with E-state index in [2.05, 4.69) is 21.1 Å². The first-order valence-electron chi connectivity index (χ1n) is 6.31. The summed E-state index contributed by atoms with van der Waals surface area (Å²) >= 11 is 0. The second-order valence-electron chi connectivity index (χ2n) is 4.61. The van der Waals surface area contributed by atoms with Gasteiger partial charge in [-0.1, -0.05) is 5.92 Å². The van der Waals surface area contributed by atoms with Crippen molar-refractivity contribution < 1.29 is 9.90 Å². The zero-order valence-electron chi connectivity index (χ0n) is 10.7. The van der Waals surface area contributed by atoms with Crippen LogP contribution < -0.4 is 5.32 Å². The Morgan fingerprint density at radius 3 is 2.95 bits per heavy atom. The van der Waals surface area contributed by atoms with Crippen LogP contribution in [0.2, 0.25) is 0 Å². The van der Waals surface area contributed by atoms with Gasteiger partial charge < -0.3 is 10.4 Å². The number of nitrogens with zero attached hydrogens (tertiary/aromatic N) is 2. The summed E-state index contributed by atoms with van der Waals surface area (Å²) < 4.78 is 0. The summed E-state index contributed by atoms with van der Waals surface area (Å²) in [7, 11) is 0. The van der Waals surface area contributed by atoms with Crippen LogP contribution in [0.25, 0.3) is 0 Å². The molecule has 1 fully saturated rings. The van der Waals surface area contributed by atoms with E-state index in [1.807, 2.05) is 0 Å². The van der Waals surface area contributed by atoms with E-state index in [1.54, 1.807) is 6.07 Å². The number of amides is 1. The van der Waals surface area contributed by atoms with Gasteiger partial charge in [-0.3, -0.25) is 9.69 Å². The average molecular weight is 259 g/mol. The van der Waals surface area contributed by atoms with E-state index in [0.29, 0.717) is 6.54 Å². The lowest BCUT2D eigenvalue weighted by atomic mass is 9.96. The summed E-state index contributed by atoms with van der Waals surface area (Å²) in [6.07, 6.45) is 8.36. The van der Waals surface area contributed by atoms with Crippen molar-refractivity contribution in [3.05, 3.63) is 18.3 Å². The molecular formula is C14H17N3O2. The second kappa shape index (κ2) is 6.21. The van der Waals surface area contributed by atoms with Crippen molar-refractivity contribution in [3.63, 3.8) is 0 Å². The van der Waals surface area contributed by atoms with E-state index in [1.165, 1.54) is 12.3 Å². The minimum atomic E-state index is -0.0886. The topological polar surface area (TPSA) is 65.5 Å². The van der Waals surface area contributed by atoms with Crippen LogP contribution in [0.1, 0.15) is 12.8 Å². The van der Waals surface area contributed by atoms with Gasteiger partial charge in [-0.05, 0) is 38.1 Å². The summed E-state index contributed by atoms with van der Waals surface area (Å²) in [5, 5.41) is 12.2. The minimum Gasteiger partial charge on any atom is -0.504 e. The van der Waals surface area contributed by atoms with Crippen LogP contribution in [-0.2, 0) is 4.79 Å². The largest absolute Gasteiger partial charge is 0.504 e. The van der Waals surface area contributed by atoms with Gasteiger partial charge in [-0.2, -0.15) is 0 Å². The van der Waals surface area contributed by atoms with Crippen LogP contribution in [0.3, 0.4) is 0 Å². The maximum absolute atomic E-state index is 12.1. The first-order valence-corrected chi connectivity index (χ1v) is 6.31. The van der Waals surface area contributed by atoms with Crippen LogP contribution in [0.15, 0.2) is 18.3 Å². The number of rotatable bonds is 3. The molecule has 2 rings (SSSR count). The normalized spacial score (nSPS) is 16.8. The molecule has 0 atom stereocenters. The van der Waals surface area contributed by atoms with Crippen molar-refractivity contribution in [2.24, 2.45) is 5.92 Å². The van der Waals surface area contributed by atoms with Crippen LogP contribution >= 0.6 is 0 Å². The highest BCUT2D eigenvalue weighted by molar-refractivity contribution is 5.92. The van der Waals surface area contributed by atoms with Crippen molar-refractivity contribution in [1.29, 1.82) is 0 Å². The smallest absolute Gasteiger partial charge is 0.228 e. The minimum absolute atomic E-state index is 0.0133. The second-order valence-corrected chi connectivity index (χ2v) is 4.61. The Kier molecular flexibility index (Phi) is 4.37. The molecule has 5 nitrogen and oxygen atoms in total. The number of carbonyl (C=O) groups is 1. The van der Waals surface area contributed by atoms with E-state index in [0.717, 1.165) is 25.9 Å². The molecule has 5 heteroatoms. The molecule has 1 aliphatic rings. The van der Waals surface area contributed by atoms with E-state index >= 15 is 0 Å². The third kappa shape index (κ3) is 3.46. The van der Waals surface area contributed by atoms with Crippen LogP contribution in [0, 0.1) is 18.3 Å². The first-order chi connectivity index (χ1) is 9.20. The number of aromatic hydroxyl groups is 1. The SMILES string of the molecule is C#CCN1CCC(C(=O)Nc2ncccc2O)CC1. The van der Waals surface area contributed by atoms with Gasteiger partial charge in [0.05, 0.1) is 6.54 Å². The van der Waals surface area contributed by atoms with Crippen molar-refractivity contribution in [2.75, 3.05) is 25.0 Å². The molecular weight excluding hydrogens is 242 g/mol. The first kappa shape index (κ1) is 13.4. The van der Waals surface area contributed by atoms with Crippen LogP contribution in [0.4, 0.5) is 5.82 Å². The highest BCUT2D eigenvalue weighted by Gasteiger charge is 2.25. The number of pyridine rings is 1. The highest BCUT2D eigenvalue weighted by atomic mass is 16.3. The van der Waals surface area contributed by atoms with Gasteiger partial charge in [-0.15, -0.1) is 6.42 Å². The number of aromatic nitrogens is 1. The summed E-state index contributed by atoms with van der Waals surface area (Å²) in [6.45, 7) is 2.29. The Labute approximate surface area is 112 Å². The molecule has 1 amide bonds. The molecule has 0 unspecified atom stereocenters. The number of hydrogen-bond donors (Lipinski definition) is 2. The lowest BCUT2D eigenvalue weighted by Gasteiger charge is -2.29. The molecule has 2 heterocycles. The van der Waals surface area contributed by atoms with Crippen molar-refractivity contribution >= 4 is 11.7 Å². The average Bonchev–Trinajstić information content (AvgIpc) is 2.42. The van der Waals surface area contributed by atoms with Gasteiger partial charge in [0.1, 0.15) is 0 Å². The number of nitrogens with one attached hydrogen (secondary N) is 1. The fourth-order valence-corrected chi connectivity index (χ4v) is 2.19. The third-order valence-electron chi connectivity index (χ3n) is 3.30. The predicted molar refractivity (Wildman–Crippen MR) is 72.5 cm³/mol. The lowest BCUT2D eigenvalue weighted by molar-refractivity contribution is -0.121. The van der Waals surface area contributed by atoms with Crippen molar-refractivity contribution in [3.8, 4) is 18.1 Å². The third-order valence-corrected chi connectivity index (χ3v) is 3.30. The molecule has 1 aliphatic heterocycles. The number of likely N-dealkylation sites (tertiary alicyclic amines) is 1. The molecule has 0 radical (unpaired) electrons. The number of hydrogen-bond acceptors (Lipinski definition) is 4. The Balaban J connectivity index is 1.89. The molecule has 19 heavy (non-hydrogen) atoms. The summed E-state index contributed by atoms with van der Waals surface area (Å²) in [5.41, 5.74) is 0. The van der Waals surface area contributed by atoms with Gasteiger partial charge in [0.25, 0.3) is 0 Å². The number of anilines is 1. The van der Waals surface area contributed by atoms with Crippen molar-refractivity contribution in [2.45, 2.75) is 12.8 Å². The molecule has 1 saturated heterocycles. The van der Waals surface area contributed by atoms with Gasteiger partial charge >= 0.3 is 0 Å². The number of terminal acetylenes is 1. The summed E-state index contributed by atoms with van der Waals surface area (Å²) in [5.74, 6) is 2.68. The monoisotopic (exact) mass is 259 g/mol. The highest BCUT2D eigenvalue weighted by Crippen LogP contribution is 2.22. The number of carbonyl (C=O) groups excluding carboxylic acids is 1. The molecule has 100 valence electrons. The number of piperidine rings is 1. The molecule has 0 aliphatic carbocycles. The molecule has 0 bridgehead atoms. The Morgan fingerprint density at radius 2 is 2.32 bits per heavy atom. The zero-order chi connectivity index (χ0) is 13.7. The van der Waals surface area contributed by atoms with Crippen molar-refractivity contribution in [1.82, 2.24) is 9.88 Å². The maximum atomic E-state index is 12.1. The Bertz CT molecular complexity index is 488. The molecule has 2 N–H and O–H groups in total. The lowest BCUT2D eigenvalue weighted by Crippen LogP contribution is -2.38. The van der Waals surface area contributed by atoms with E-state index in [9.17, 15) is 9.90 Å². The zero-order valence-corrected chi connectivity index (χ0v) is 10.7. The molecule has 1 aromatic rings. The molecule has 1 aromatic heterocycles. The fraction of sp³-hybridized carbons (Fsp3) is 0.429. The molecule has 0 spiro atoms. The standard InChI is InChI=1S/C14H17N3O2/c1-2-8-17-9-5-11(6-10-17)14(19)16-13-12(18)4-3-7-15-13/h1,3-4,7,11,18H,5-6,8-10H2,(H,15,16,19). The van der Waals surface area contributed by atoms with E-state index in [-0.39, 0.29) is 23.4 Å². The quantitative estimate of drug-likeness (QED) is 0.797. The van der Waals surface area contributed by atoms with Gasteiger partial charge in [0.2, 0.25) is 5.91 Å².